The molecule has 24 heavy (non-hydrogen) atoms. The molecule has 128 valence electrons. The Bertz CT molecular complexity index is 671. The van der Waals surface area contributed by atoms with Crippen LogP contribution >= 0.6 is 0 Å². The van der Waals surface area contributed by atoms with Gasteiger partial charge in [-0.05, 0) is 43.5 Å². The second kappa shape index (κ2) is 8.98. The van der Waals surface area contributed by atoms with Crippen LogP contribution in [0.15, 0.2) is 30.3 Å². The van der Waals surface area contributed by atoms with E-state index < -0.39 is 0 Å². The summed E-state index contributed by atoms with van der Waals surface area (Å²) >= 11 is 0. The molecule has 6 nitrogen and oxygen atoms in total. The van der Waals surface area contributed by atoms with Crippen LogP contribution in [-0.4, -0.2) is 36.1 Å². The molecule has 2 rings (SSSR count). The summed E-state index contributed by atoms with van der Waals surface area (Å²) in [7, 11) is 1.67. The Balaban J connectivity index is 2.03. The van der Waals surface area contributed by atoms with Crippen molar-refractivity contribution >= 4 is 17.5 Å². The highest BCUT2D eigenvalue weighted by Crippen LogP contribution is 2.12. The summed E-state index contributed by atoms with van der Waals surface area (Å²) in [6.07, 6.45) is 1.82. The molecule has 0 atom stereocenters. The normalized spacial score (nSPS) is 10.5. The van der Waals surface area contributed by atoms with Gasteiger partial charge in [-0.3, -0.25) is 4.79 Å². The van der Waals surface area contributed by atoms with Crippen molar-refractivity contribution in [1.82, 2.24) is 9.97 Å². The third kappa shape index (κ3) is 5.31. The van der Waals surface area contributed by atoms with Gasteiger partial charge in [0.2, 0.25) is 5.95 Å². The van der Waals surface area contributed by atoms with Crippen LogP contribution in [0.2, 0.25) is 0 Å². The first-order chi connectivity index (χ1) is 11.6. The Morgan fingerprint density at radius 1 is 1.21 bits per heavy atom. The highest BCUT2D eigenvalue weighted by Gasteiger charge is 2.11. The lowest BCUT2D eigenvalue weighted by Gasteiger charge is -2.09. The van der Waals surface area contributed by atoms with Gasteiger partial charge >= 0.3 is 0 Å². The van der Waals surface area contributed by atoms with Gasteiger partial charge in [-0.1, -0.05) is 19.1 Å². The van der Waals surface area contributed by atoms with Gasteiger partial charge in [-0.15, -0.1) is 0 Å². The van der Waals surface area contributed by atoms with E-state index in [9.17, 15) is 4.79 Å². The lowest BCUT2D eigenvalue weighted by atomic mass is 10.1. The number of ether oxygens (including phenoxy) is 1. The average Bonchev–Trinajstić information content (AvgIpc) is 2.59. The van der Waals surface area contributed by atoms with Crippen molar-refractivity contribution in [2.75, 3.05) is 30.9 Å². The molecular formula is C18H24N4O2. The molecule has 2 aromatic rings. The number of methoxy groups -OCH3 is 1. The standard InChI is InChI=1S/C18H24N4O2/c1-4-14-6-8-15(9-7-14)21-17(23)16-12-13(2)20-18(22-16)19-10-5-11-24-3/h6-9,12H,4-5,10-11H2,1-3H3,(H,21,23)(H,19,20,22). The molecule has 1 amide bonds. The molecule has 1 heterocycles. The second-order valence-electron chi connectivity index (χ2n) is 5.50. The predicted molar refractivity (Wildman–Crippen MR) is 95.5 cm³/mol. The van der Waals surface area contributed by atoms with Crippen LogP contribution in [0.3, 0.4) is 0 Å². The number of nitrogens with zero attached hydrogens (tertiary/aromatic N) is 2. The zero-order valence-electron chi connectivity index (χ0n) is 14.4. The molecule has 1 aromatic carbocycles. The van der Waals surface area contributed by atoms with Gasteiger partial charge in [0, 0.05) is 31.6 Å². The van der Waals surface area contributed by atoms with Crippen molar-refractivity contribution in [3.05, 3.63) is 47.3 Å². The van der Waals surface area contributed by atoms with Crippen LogP contribution in [-0.2, 0) is 11.2 Å². The number of hydrogen-bond donors (Lipinski definition) is 2. The SMILES string of the molecule is CCc1ccc(NC(=O)c2cc(C)nc(NCCCOC)n2)cc1. The molecule has 0 radical (unpaired) electrons. The van der Waals surface area contributed by atoms with Crippen molar-refractivity contribution < 1.29 is 9.53 Å². The quantitative estimate of drug-likeness (QED) is 0.728. The van der Waals surface area contributed by atoms with E-state index in [0.29, 0.717) is 24.8 Å². The highest BCUT2D eigenvalue weighted by molar-refractivity contribution is 6.03. The molecule has 2 N–H and O–H groups in total. The van der Waals surface area contributed by atoms with E-state index in [0.717, 1.165) is 24.2 Å². The molecular weight excluding hydrogens is 304 g/mol. The van der Waals surface area contributed by atoms with Crippen LogP contribution in [0.25, 0.3) is 0 Å². The summed E-state index contributed by atoms with van der Waals surface area (Å²) in [6.45, 7) is 5.30. The monoisotopic (exact) mass is 328 g/mol. The Labute approximate surface area is 142 Å². The number of rotatable bonds is 8. The van der Waals surface area contributed by atoms with Gasteiger partial charge in [-0.2, -0.15) is 0 Å². The zero-order valence-corrected chi connectivity index (χ0v) is 14.4. The third-order valence-corrected chi connectivity index (χ3v) is 3.52. The van der Waals surface area contributed by atoms with Gasteiger partial charge in [0.15, 0.2) is 0 Å². The van der Waals surface area contributed by atoms with E-state index in [1.165, 1.54) is 5.56 Å². The number of anilines is 2. The first kappa shape index (κ1) is 17.9. The summed E-state index contributed by atoms with van der Waals surface area (Å²) in [5, 5.41) is 5.98. The van der Waals surface area contributed by atoms with Crippen molar-refractivity contribution in [2.45, 2.75) is 26.7 Å². The highest BCUT2D eigenvalue weighted by atomic mass is 16.5. The first-order valence-electron chi connectivity index (χ1n) is 8.11. The van der Waals surface area contributed by atoms with Gasteiger partial charge in [0.25, 0.3) is 5.91 Å². The number of amides is 1. The molecule has 0 aliphatic heterocycles. The number of nitrogens with one attached hydrogen (secondary N) is 2. The zero-order chi connectivity index (χ0) is 17.4. The van der Waals surface area contributed by atoms with E-state index in [1.54, 1.807) is 13.2 Å². The number of aromatic nitrogens is 2. The van der Waals surface area contributed by atoms with E-state index in [2.05, 4.69) is 27.5 Å². The maximum absolute atomic E-state index is 12.4. The molecule has 0 bridgehead atoms. The summed E-state index contributed by atoms with van der Waals surface area (Å²) in [6, 6.07) is 9.48. The fourth-order valence-corrected chi connectivity index (χ4v) is 2.20. The van der Waals surface area contributed by atoms with Crippen molar-refractivity contribution in [1.29, 1.82) is 0 Å². The van der Waals surface area contributed by atoms with Crippen molar-refractivity contribution in [2.24, 2.45) is 0 Å². The molecule has 0 aliphatic carbocycles. The lowest BCUT2D eigenvalue weighted by molar-refractivity contribution is 0.102. The number of aryl methyl sites for hydroxylation is 2. The van der Waals surface area contributed by atoms with Crippen LogP contribution < -0.4 is 10.6 Å². The van der Waals surface area contributed by atoms with E-state index in [4.69, 9.17) is 4.74 Å². The van der Waals surface area contributed by atoms with E-state index in [1.807, 2.05) is 31.2 Å². The van der Waals surface area contributed by atoms with E-state index in [-0.39, 0.29) is 5.91 Å². The number of hydrogen-bond acceptors (Lipinski definition) is 5. The maximum Gasteiger partial charge on any atom is 0.274 e. The molecule has 1 aromatic heterocycles. The first-order valence-corrected chi connectivity index (χ1v) is 8.11. The van der Waals surface area contributed by atoms with Crippen molar-refractivity contribution in [3.63, 3.8) is 0 Å². The largest absolute Gasteiger partial charge is 0.385 e. The lowest BCUT2D eigenvalue weighted by Crippen LogP contribution is -2.16. The van der Waals surface area contributed by atoms with E-state index >= 15 is 0 Å². The van der Waals surface area contributed by atoms with Crippen molar-refractivity contribution in [3.8, 4) is 0 Å². The van der Waals surface area contributed by atoms with Crippen LogP contribution in [0.4, 0.5) is 11.6 Å². The Kier molecular flexibility index (Phi) is 6.69. The fourth-order valence-electron chi connectivity index (χ4n) is 2.20. The molecule has 0 fully saturated rings. The summed E-state index contributed by atoms with van der Waals surface area (Å²) in [4.78, 5) is 21.0. The third-order valence-electron chi connectivity index (χ3n) is 3.52. The Hall–Kier alpha value is -2.47. The minimum Gasteiger partial charge on any atom is -0.385 e. The minimum atomic E-state index is -0.246. The number of carbonyl (C=O) groups is 1. The number of carbonyl (C=O) groups excluding carboxylic acids is 1. The van der Waals surface area contributed by atoms with Gasteiger partial charge in [0.05, 0.1) is 0 Å². The number of benzene rings is 1. The van der Waals surface area contributed by atoms with Gasteiger partial charge < -0.3 is 15.4 Å². The smallest absolute Gasteiger partial charge is 0.274 e. The maximum atomic E-state index is 12.4. The Morgan fingerprint density at radius 3 is 2.62 bits per heavy atom. The molecule has 0 saturated carbocycles. The van der Waals surface area contributed by atoms with Crippen LogP contribution in [0, 0.1) is 6.92 Å². The molecule has 0 saturated heterocycles. The molecule has 0 unspecified atom stereocenters. The summed E-state index contributed by atoms with van der Waals surface area (Å²) in [5.41, 5.74) is 3.07. The van der Waals surface area contributed by atoms with Crippen LogP contribution in [0.1, 0.15) is 35.1 Å². The molecule has 0 spiro atoms. The summed E-state index contributed by atoms with van der Waals surface area (Å²) < 4.78 is 5.00. The van der Waals surface area contributed by atoms with Gasteiger partial charge in [0.1, 0.15) is 5.69 Å². The predicted octanol–water partition coefficient (Wildman–Crippen LogP) is 3.05. The topological polar surface area (TPSA) is 76.1 Å². The van der Waals surface area contributed by atoms with Crippen LogP contribution in [0.5, 0.6) is 0 Å². The fraction of sp³-hybridized carbons (Fsp3) is 0.389. The average molecular weight is 328 g/mol. The second-order valence-corrected chi connectivity index (χ2v) is 5.50. The minimum absolute atomic E-state index is 0.246. The summed E-state index contributed by atoms with van der Waals surface area (Å²) in [5.74, 6) is 0.210. The Morgan fingerprint density at radius 2 is 1.96 bits per heavy atom. The van der Waals surface area contributed by atoms with Gasteiger partial charge in [-0.25, -0.2) is 9.97 Å². The molecule has 6 heteroatoms. The molecule has 0 aliphatic rings.